The summed E-state index contributed by atoms with van der Waals surface area (Å²) in [5, 5.41) is 19.7. The topological polar surface area (TPSA) is 114 Å². The van der Waals surface area contributed by atoms with Crippen molar-refractivity contribution in [2.75, 3.05) is 11.6 Å². The molecule has 2 aromatic carbocycles. The van der Waals surface area contributed by atoms with Gasteiger partial charge >= 0.3 is 5.97 Å². The van der Waals surface area contributed by atoms with E-state index in [9.17, 15) is 19.7 Å². The fourth-order valence-corrected chi connectivity index (χ4v) is 3.17. The lowest BCUT2D eigenvalue weighted by Crippen LogP contribution is -2.43. The minimum absolute atomic E-state index is 0.0479. The molecule has 3 rings (SSSR count). The summed E-state index contributed by atoms with van der Waals surface area (Å²) in [4.78, 5) is 35.7. The van der Waals surface area contributed by atoms with E-state index in [0.29, 0.717) is 11.3 Å². The van der Waals surface area contributed by atoms with Crippen LogP contribution in [0.15, 0.2) is 59.7 Å². The van der Waals surface area contributed by atoms with E-state index >= 15 is 0 Å². The number of ether oxygens (including phenoxy) is 1. The highest BCUT2D eigenvalue weighted by atomic mass is 16.6. The van der Waals surface area contributed by atoms with Gasteiger partial charge in [0.15, 0.2) is 0 Å². The quantitative estimate of drug-likeness (QED) is 0.426. The number of anilines is 1. The molecule has 1 aliphatic heterocycles. The number of carbonyl (C=O) groups is 2. The SMILES string of the molecule is CCOC(=O)C1=NN(c2ccccc2)C(C(=O)NC(C)c2cccc([N+](=O)[O-])c2)C1. The molecular formula is C21H22N4O5. The van der Waals surface area contributed by atoms with Crippen LogP contribution >= 0.6 is 0 Å². The molecule has 156 valence electrons. The maximum atomic E-state index is 13.0. The van der Waals surface area contributed by atoms with Crippen molar-refractivity contribution in [2.24, 2.45) is 5.10 Å². The molecule has 0 fully saturated rings. The molecule has 0 radical (unpaired) electrons. The van der Waals surface area contributed by atoms with Gasteiger partial charge in [0.05, 0.1) is 23.3 Å². The van der Waals surface area contributed by atoms with Crippen molar-refractivity contribution in [3.63, 3.8) is 0 Å². The first-order valence-corrected chi connectivity index (χ1v) is 9.54. The molecule has 1 heterocycles. The Morgan fingerprint density at radius 2 is 2.00 bits per heavy atom. The molecule has 1 N–H and O–H groups in total. The molecular weight excluding hydrogens is 388 g/mol. The van der Waals surface area contributed by atoms with Gasteiger partial charge in [0.1, 0.15) is 11.8 Å². The Balaban J connectivity index is 1.80. The number of non-ortho nitro benzene ring substituents is 1. The van der Waals surface area contributed by atoms with Crippen LogP contribution in [0.3, 0.4) is 0 Å². The Hall–Kier alpha value is -3.75. The number of nitro benzene ring substituents is 1. The largest absolute Gasteiger partial charge is 0.461 e. The highest BCUT2D eigenvalue weighted by Crippen LogP contribution is 2.26. The van der Waals surface area contributed by atoms with Crippen LogP contribution in [0.5, 0.6) is 0 Å². The standard InChI is InChI=1S/C21H22N4O5/c1-3-30-21(27)18-13-19(24(23-18)16-9-5-4-6-10-16)20(26)22-14(2)15-8-7-11-17(12-15)25(28)29/h4-12,14,19H,3,13H2,1-2H3,(H,22,26). The van der Waals surface area contributed by atoms with E-state index in [2.05, 4.69) is 10.4 Å². The number of hydrazone groups is 1. The smallest absolute Gasteiger partial charge is 0.354 e. The molecule has 0 aliphatic carbocycles. The molecule has 1 amide bonds. The summed E-state index contributed by atoms with van der Waals surface area (Å²) in [6.07, 6.45) is 0.0984. The minimum atomic E-state index is -0.743. The Kier molecular flexibility index (Phi) is 6.41. The third-order valence-corrected chi connectivity index (χ3v) is 4.68. The number of carbonyl (C=O) groups excluding carboxylic acids is 2. The van der Waals surface area contributed by atoms with E-state index < -0.39 is 23.0 Å². The van der Waals surface area contributed by atoms with Crippen molar-refractivity contribution in [2.45, 2.75) is 32.4 Å². The second-order valence-electron chi connectivity index (χ2n) is 6.75. The zero-order valence-electron chi connectivity index (χ0n) is 16.6. The summed E-state index contributed by atoms with van der Waals surface area (Å²) in [6.45, 7) is 3.66. The van der Waals surface area contributed by atoms with Crippen LogP contribution in [-0.2, 0) is 14.3 Å². The van der Waals surface area contributed by atoms with Gasteiger partial charge in [-0.3, -0.25) is 19.9 Å². The first-order chi connectivity index (χ1) is 14.4. The van der Waals surface area contributed by atoms with Gasteiger partial charge in [0, 0.05) is 18.6 Å². The molecule has 1 aliphatic rings. The van der Waals surface area contributed by atoms with Gasteiger partial charge in [0.25, 0.3) is 5.69 Å². The second-order valence-corrected chi connectivity index (χ2v) is 6.75. The fourth-order valence-electron chi connectivity index (χ4n) is 3.17. The molecule has 0 bridgehead atoms. The van der Waals surface area contributed by atoms with Crippen LogP contribution < -0.4 is 10.3 Å². The average molecular weight is 410 g/mol. The van der Waals surface area contributed by atoms with Crippen molar-refractivity contribution in [3.8, 4) is 0 Å². The van der Waals surface area contributed by atoms with E-state index in [1.807, 2.05) is 18.2 Å². The minimum Gasteiger partial charge on any atom is -0.461 e. The van der Waals surface area contributed by atoms with Crippen LogP contribution in [0.1, 0.15) is 31.9 Å². The van der Waals surface area contributed by atoms with Crippen molar-refractivity contribution < 1.29 is 19.2 Å². The molecule has 0 saturated carbocycles. The maximum Gasteiger partial charge on any atom is 0.354 e. The third-order valence-electron chi connectivity index (χ3n) is 4.68. The second kappa shape index (κ2) is 9.17. The van der Waals surface area contributed by atoms with Crippen molar-refractivity contribution in [3.05, 3.63) is 70.3 Å². The van der Waals surface area contributed by atoms with Crippen LogP contribution in [0.25, 0.3) is 0 Å². The number of amides is 1. The van der Waals surface area contributed by atoms with E-state index in [1.165, 1.54) is 17.1 Å². The number of esters is 1. The number of benzene rings is 2. The number of hydrogen-bond acceptors (Lipinski definition) is 7. The van der Waals surface area contributed by atoms with Crippen LogP contribution in [0.2, 0.25) is 0 Å². The highest BCUT2D eigenvalue weighted by Gasteiger charge is 2.37. The van der Waals surface area contributed by atoms with Crippen LogP contribution in [0, 0.1) is 10.1 Å². The van der Waals surface area contributed by atoms with Crippen molar-refractivity contribution in [1.82, 2.24) is 5.32 Å². The molecule has 0 saturated heterocycles. The summed E-state index contributed by atoms with van der Waals surface area (Å²) in [7, 11) is 0. The lowest BCUT2D eigenvalue weighted by molar-refractivity contribution is -0.384. The normalized spacial score (nSPS) is 16.5. The molecule has 2 unspecified atom stereocenters. The lowest BCUT2D eigenvalue weighted by Gasteiger charge is -2.24. The Morgan fingerprint density at radius 1 is 1.27 bits per heavy atom. The summed E-state index contributed by atoms with van der Waals surface area (Å²) in [5.41, 5.74) is 1.39. The molecule has 9 nitrogen and oxygen atoms in total. The fraction of sp³-hybridized carbons (Fsp3) is 0.286. The van der Waals surface area contributed by atoms with Gasteiger partial charge in [-0.05, 0) is 31.5 Å². The Labute approximate surface area is 173 Å². The number of nitro groups is 1. The molecule has 0 aromatic heterocycles. The Morgan fingerprint density at radius 3 is 2.67 bits per heavy atom. The van der Waals surface area contributed by atoms with E-state index in [0.717, 1.165) is 0 Å². The zero-order chi connectivity index (χ0) is 21.7. The summed E-state index contributed by atoms with van der Waals surface area (Å²) in [6, 6.07) is 13.9. The highest BCUT2D eigenvalue weighted by molar-refractivity contribution is 6.38. The van der Waals surface area contributed by atoms with E-state index in [-0.39, 0.29) is 30.3 Å². The van der Waals surface area contributed by atoms with Gasteiger partial charge in [-0.2, -0.15) is 5.10 Å². The van der Waals surface area contributed by atoms with Gasteiger partial charge in [-0.25, -0.2) is 4.79 Å². The van der Waals surface area contributed by atoms with Gasteiger partial charge in [-0.1, -0.05) is 30.3 Å². The van der Waals surface area contributed by atoms with Gasteiger partial charge < -0.3 is 10.1 Å². The zero-order valence-corrected chi connectivity index (χ0v) is 16.6. The summed E-state index contributed by atoms with van der Waals surface area (Å²) < 4.78 is 5.03. The number of rotatable bonds is 7. The van der Waals surface area contributed by atoms with Crippen molar-refractivity contribution in [1.29, 1.82) is 0 Å². The maximum absolute atomic E-state index is 13.0. The van der Waals surface area contributed by atoms with Crippen molar-refractivity contribution >= 4 is 29.0 Å². The third kappa shape index (κ3) is 4.62. The molecule has 30 heavy (non-hydrogen) atoms. The van der Waals surface area contributed by atoms with Gasteiger partial charge in [-0.15, -0.1) is 0 Å². The lowest BCUT2D eigenvalue weighted by atomic mass is 10.1. The molecule has 2 atom stereocenters. The molecule has 2 aromatic rings. The summed E-state index contributed by atoms with van der Waals surface area (Å²) in [5.74, 6) is -0.902. The average Bonchev–Trinajstić information content (AvgIpc) is 3.20. The number of hydrogen-bond donors (Lipinski definition) is 1. The predicted molar refractivity (Wildman–Crippen MR) is 111 cm³/mol. The van der Waals surface area contributed by atoms with E-state index in [1.54, 1.807) is 38.1 Å². The Bertz CT molecular complexity index is 976. The number of para-hydroxylation sites is 1. The van der Waals surface area contributed by atoms with Gasteiger partial charge in [0.2, 0.25) is 5.91 Å². The van der Waals surface area contributed by atoms with Crippen LogP contribution in [-0.4, -0.2) is 35.2 Å². The molecule has 9 heteroatoms. The monoisotopic (exact) mass is 410 g/mol. The number of nitrogens with zero attached hydrogens (tertiary/aromatic N) is 3. The van der Waals surface area contributed by atoms with Crippen LogP contribution in [0.4, 0.5) is 11.4 Å². The summed E-state index contributed by atoms with van der Waals surface area (Å²) >= 11 is 0. The first-order valence-electron chi connectivity index (χ1n) is 9.54. The molecule has 0 spiro atoms. The first kappa shape index (κ1) is 21.0. The predicted octanol–water partition coefficient (Wildman–Crippen LogP) is 2.97. The van der Waals surface area contributed by atoms with E-state index in [4.69, 9.17) is 4.74 Å². The number of nitrogens with one attached hydrogen (secondary N) is 1.